The highest BCUT2D eigenvalue weighted by molar-refractivity contribution is 7.99. The number of likely N-dealkylation sites (tertiary alicyclic amines) is 1. The summed E-state index contributed by atoms with van der Waals surface area (Å²) in [5.74, 6) is 3.03. The summed E-state index contributed by atoms with van der Waals surface area (Å²) in [5, 5.41) is 9.49. The van der Waals surface area contributed by atoms with Crippen LogP contribution in [-0.2, 0) is 11.3 Å². The first-order chi connectivity index (χ1) is 13.2. The summed E-state index contributed by atoms with van der Waals surface area (Å²) >= 11 is 1.49. The van der Waals surface area contributed by atoms with Crippen molar-refractivity contribution in [3.05, 3.63) is 24.3 Å². The van der Waals surface area contributed by atoms with Crippen LogP contribution < -0.4 is 9.64 Å². The van der Waals surface area contributed by atoms with Gasteiger partial charge in [-0.3, -0.25) is 9.36 Å². The smallest absolute Gasteiger partial charge is 0.233 e. The minimum Gasteiger partial charge on any atom is -0.497 e. The summed E-state index contributed by atoms with van der Waals surface area (Å²) in [6.45, 7) is 5.69. The number of carbonyl (C=O) groups excluding carboxylic acids is 1. The van der Waals surface area contributed by atoms with Crippen molar-refractivity contribution in [1.29, 1.82) is 0 Å². The maximum atomic E-state index is 12.5. The van der Waals surface area contributed by atoms with E-state index in [4.69, 9.17) is 4.74 Å². The number of fused-ring (bicyclic) bond motifs is 1. The first-order valence-corrected chi connectivity index (χ1v) is 10.4. The fourth-order valence-corrected chi connectivity index (χ4v) is 4.43. The number of aromatic nitrogens is 3. The molecule has 1 aromatic heterocycles. The zero-order valence-electron chi connectivity index (χ0n) is 15.8. The molecule has 1 saturated heterocycles. The monoisotopic (exact) mass is 387 g/mol. The third-order valence-corrected chi connectivity index (χ3v) is 6.28. The maximum Gasteiger partial charge on any atom is 0.233 e. The maximum absolute atomic E-state index is 12.5. The van der Waals surface area contributed by atoms with Crippen LogP contribution in [0.15, 0.2) is 29.4 Å². The molecule has 7 nitrogen and oxygen atoms in total. The lowest BCUT2D eigenvalue weighted by atomic mass is 9.99. The van der Waals surface area contributed by atoms with Gasteiger partial charge in [-0.2, -0.15) is 0 Å². The lowest BCUT2D eigenvalue weighted by Gasteiger charge is -2.30. The molecule has 0 saturated carbocycles. The molecule has 0 bridgehead atoms. The minimum atomic E-state index is 0.203. The van der Waals surface area contributed by atoms with E-state index in [1.165, 1.54) is 11.8 Å². The molecule has 0 atom stereocenters. The molecule has 0 radical (unpaired) electrons. The van der Waals surface area contributed by atoms with Crippen LogP contribution in [0.5, 0.6) is 5.75 Å². The molecule has 1 amide bonds. The summed E-state index contributed by atoms with van der Waals surface area (Å²) in [6.07, 6.45) is 2.21. The molecule has 0 aliphatic carbocycles. The minimum absolute atomic E-state index is 0.203. The summed E-state index contributed by atoms with van der Waals surface area (Å²) < 4.78 is 7.32. The first kappa shape index (κ1) is 18.2. The topological polar surface area (TPSA) is 63.5 Å². The SMILES string of the molecule is COc1ccc(N2CCn3c(SCC(=O)N4CCC(C)CC4)nnc32)cc1. The van der Waals surface area contributed by atoms with Gasteiger partial charge in [-0.1, -0.05) is 18.7 Å². The Morgan fingerprint density at radius 2 is 1.89 bits per heavy atom. The van der Waals surface area contributed by atoms with Gasteiger partial charge in [0.25, 0.3) is 0 Å². The van der Waals surface area contributed by atoms with Gasteiger partial charge in [-0.05, 0) is 43.0 Å². The van der Waals surface area contributed by atoms with Gasteiger partial charge < -0.3 is 14.5 Å². The van der Waals surface area contributed by atoms with E-state index in [2.05, 4.69) is 26.6 Å². The second kappa shape index (κ2) is 7.80. The summed E-state index contributed by atoms with van der Waals surface area (Å²) in [7, 11) is 1.66. The zero-order chi connectivity index (χ0) is 18.8. The number of piperidine rings is 1. The second-order valence-electron chi connectivity index (χ2n) is 7.14. The molecular weight excluding hydrogens is 362 g/mol. The van der Waals surface area contributed by atoms with Gasteiger partial charge in [0.05, 0.1) is 12.9 Å². The van der Waals surface area contributed by atoms with Crippen LogP contribution in [0, 0.1) is 5.92 Å². The standard InChI is InChI=1S/C19H25N5O2S/c1-14-7-9-22(10-8-14)17(25)13-27-19-21-20-18-23(11-12-24(18)19)15-3-5-16(26-2)6-4-15/h3-6,14H,7-13H2,1-2H3. The third kappa shape index (κ3) is 3.76. The normalized spacial score (nSPS) is 17.3. The van der Waals surface area contributed by atoms with Gasteiger partial charge in [-0.15, -0.1) is 10.2 Å². The Bertz CT molecular complexity index is 799. The van der Waals surface area contributed by atoms with E-state index in [0.29, 0.717) is 5.75 Å². The van der Waals surface area contributed by atoms with Crippen LogP contribution in [0.25, 0.3) is 0 Å². The summed E-state index contributed by atoms with van der Waals surface area (Å²) in [4.78, 5) is 16.6. The van der Waals surface area contributed by atoms with Crippen molar-refractivity contribution in [2.45, 2.75) is 31.5 Å². The Hall–Kier alpha value is -2.22. The number of rotatable bonds is 5. The van der Waals surface area contributed by atoms with Gasteiger partial charge in [0.15, 0.2) is 5.16 Å². The average Bonchev–Trinajstić information content (AvgIpc) is 3.29. The molecule has 0 spiro atoms. The van der Waals surface area contributed by atoms with E-state index in [-0.39, 0.29) is 5.91 Å². The number of methoxy groups -OCH3 is 1. The number of anilines is 2. The highest BCUT2D eigenvalue weighted by atomic mass is 32.2. The lowest BCUT2D eigenvalue weighted by Crippen LogP contribution is -2.38. The van der Waals surface area contributed by atoms with Crippen LogP contribution in [0.1, 0.15) is 19.8 Å². The number of thioether (sulfide) groups is 1. The Morgan fingerprint density at radius 3 is 2.59 bits per heavy atom. The van der Waals surface area contributed by atoms with E-state index < -0.39 is 0 Å². The lowest BCUT2D eigenvalue weighted by molar-refractivity contribution is -0.129. The Morgan fingerprint density at radius 1 is 1.15 bits per heavy atom. The van der Waals surface area contributed by atoms with E-state index in [1.807, 2.05) is 29.2 Å². The first-order valence-electron chi connectivity index (χ1n) is 9.41. The van der Waals surface area contributed by atoms with Gasteiger partial charge in [-0.25, -0.2) is 0 Å². The second-order valence-corrected chi connectivity index (χ2v) is 8.08. The van der Waals surface area contributed by atoms with Crippen molar-refractivity contribution in [2.75, 3.05) is 37.4 Å². The highest BCUT2D eigenvalue weighted by Crippen LogP contribution is 2.33. The van der Waals surface area contributed by atoms with Crippen LogP contribution in [0.3, 0.4) is 0 Å². The molecular formula is C19H25N5O2S. The molecule has 8 heteroatoms. The number of nitrogens with zero attached hydrogens (tertiary/aromatic N) is 5. The Kier molecular flexibility index (Phi) is 5.24. The third-order valence-electron chi connectivity index (χ3n) is 5.33. The van der Waals surface area contributed by atoms with Crippen LogP contribution in [0.4, 0.5) is 11.6 Å². The molecule has 2 aliphatic rings. The van der Waals surface area contributed by atoms with E-state index in [9.17, 15) is 4.79 Å². The Labute approximate surface area is 163 Å². The number of carbonyl (C=O) groups is 1. The van der Waals surface area contributed by atoms with Gasteiger partial charge >= 0.3 is 0 Å². The van der Waals surface area contributed by atoms with E-state index in [1.54, 1.807) is 7.11 Å². The molecule has 1 aromatic carbocycles. The summed E-state index contributed by atoms with van der Waals surface area (Å²) in [6, 6.07) is 7.94. The largest absolute Gasteiger partial charge is 0.497 e. The van der Waals surface area contributed by atoms with Gasteiger partial charge in [0, 0.05) is 31.9 Å². The van der Waals surface area contributed by atoms with Crippen molar-refractivity contribution >= 4 is 29.3 Å². The van der Waals surface area contributed by atoms with Crippen LogP contribution in [0.2, 0.25) is 0 Å². The average molecular weight is 388 g/mol. The van der Waals surface area contributed by atoms with Gasteiger partial charge in [0.2, 0.25) is 11.9 Å². The number of hydrogen-bond acceptors (Lipinski definition) is 6. The van der Waals surface area contributed by atoms with Crippen LogP contribution >= 0.6 is 11.8 Å². The number of amides is 1. The Balaban J connectivity index is 1.39. The molecule has 0 unspecified atom stereocenters. The predicted molar refractivity (Wildman–Crippen MR) is 106 cm³/mol. The van der Waals surface area contributed by atoms with Crippen LogP contribution in [-0.4, -0.2) is 58.1 Å². The quantitative estimate of drug-likeness (QED) is 0.735. The molecule has 3 heterocycles. The van der Waals surface area contributed by atoms with Gasteiger partial charge in [0.1, 0.15) is 5.75 Å². The van der Waals surface area contributed by atoms with E-state index >= 15 is 0 Å². The predicted octanol–water partition coefficient (Wildman–Crippen LogP) is 2.79. The van der Waals surface area contributed by atoms with Crippen molar-refractivity contribution < 1.29 is 9.53 Å². The number of benzene rings is 1. The fraction of sp³-hybridized carbons (Fsp3) is 0.526. The molecule has 2 aliphatic heterocycles. The van der Waals surface area contributed by atoms with Crippen molar-refractivity contribution in [3.63, 3.8) is 0 Å². The molecule has 4 rings (SSSR count). The van der Waals surface area contributed by atoms with Crippen molar-refractivity contribution in [3.8, 4) is 5.75 Å². The zero-order valence-corrected chi connectivity index (χ0v) is 16.6. The summed E-state index contributed by atoms with van der Waals surface area (Å²) in [5.41, 5.74) is 1.07. The molecule has 0 N–H and O–H groups in total. The molecule has 27 heavy (non-hydrogen) atoms. The molecule has 2 aromatic rings. The number of ether oxygens (including phenoxy) is 1. The van der Waals surface area contributed by atoms with Crippen molar-refractivity contribution in [2.24, 2.45) is 5.92 Å². The fourth-order valence-electron chi connectivity index (χ4n) is 3.57. The molecule has 144 valence electrons. The van der Waals surface area contributed by atoms with Crippen molar-refractivity contribution in [1.82, 2.24) is 19.7 Å². The molecule has 1 fully saturated rings. The van der Waals surface area contributed by atoms with E-state index in [0.717, 1.165) is 67.5 Å². The number of hydrogen-bond donors (Lipinski definition) is 0. The highest BCUT2D eigenvalue weighted by Gasteiger charge is 2.27.